The van der Waals surface area contributed by atoms with Crippen LogP contribution >= 0.6 is 0 Å². The maximum absolute atomic E-state index is 5.88. The molecule has 0 aliphatic carbocycles. The molecule has 0 aliphatic heterocycles. The summed E-state index contributed by atoms with van der Waals surface area (Å²) >= 11 is 0. The zero-order chi connectivity index (χ0) is 13.7. The van der Waals surface area contributed by atoms with Crippen molar-refractivity contribution in [1.29, 1.82) is 0 Å². The molecule has 2 rings (SSSR count). The highest BCUT2D eigenvalue weighted by molar-refractivity contribution is 5.21. The second-order valence-corrected chi connectivity index (χ2v) is 4.79. The van der Waals surface area contributed by atoms with E-state index < -0.39 is 0 Å². The van der Waals surface area contributed by atoms with E-state index >= 15 is 0 Å². The summed E-state index contributed by atoms with van der Waals surface area (Å²) < 4.78 is 0. The van der Waals surface area contributed by atoms with Crippen molar-refractivity contribution < 1.29 is 0 Å². The van der Waals surface area contributed by atoms with Gasteiger partial charge in [0.05, 0.1) is 11.7 Å². The van der Waals surface area contributed by atoms with Gasteiger partial charge in [0.2, 0.25) is 0 Å². The summed E-state index contributed by atoms with van der Waals surface area (Å²) in [6.45, 7) is 3.49. The van der Waals surface area contributed by atoms with E-state index in [9.17, 15) is 0 Å². The fourth-order valence-corrected chi connectivity index (χ4v) is 2.12. The van der Waals surface area contributed by atoms with Crippen molar-refractivity contribution >= 4 is 0 Å². The van der Waals surface area contributed by atoms with Crippen molar-refractivity contribution in [3.63, 3.8) is 0 Å². The molecule has 1 heterocycles. The molecule has 4 heteroatoms. The number of likely N-dealkylation sites (N-methyl/N-ethyl adjacent to an activating group) is 1. The van der Waals surface area contributed by atoms with Gasteiger partial charge >= 0.3 is 0 Å². The Balaban J connectivity index is 2.09. The van der Waals surface area contributed by atoms with Gasteiger partial charge in [-0.25, -0.2) is 9.97 Å². The quantitative estimate of drug-likeness (QED) is 0.888. The molecule has 0 radical (unpaired) electrons. The zero-order valence-corrected chi connectivity index (χ0v) is 11.5. The van der Waals surface area contributed by atoms with Crippen molar-refractivity contribution in [2.45, 2.75) is 19.5 Å². The lowest BCUT2D eigenvalue weighted by molar-refractivity contribution is 0.237. The van der Waals surface area contributed by atoms with Crippen LogP contribution in [0.15, 0.2) is 42.9 Å². The molecule has 2 aromatic rings. The predicted octanol–water partition coefficient (Wildman–Crippen LogP) is 1.92. The number of benzene rings is 1. The number of rotatable bonds is 5. The molecular formula is C15H20N4. The molecule has 0 saturated carbocycles. The zero-order valence-electron chi connectivity index (χ0n) is 11.5. The molecule has 1 aromatic carbocycles. The summed E-state index contributed by atoms with van der Waals surface area (Å²) in [5.41, 5.74) is 9.40. The summed E-state index contributed by atoms with van der Waals surface area (Å²) in [7, 11) is 2.07. The van der Waals surface area contributed by atoms with Crippen molar-refractivity contribution in [3.8, 4) is 0 Å². The van der Waals surface area contributed by atoms with Gasteiger partial charge in [-0.15, -0.1) is 0 Å². The van der Waals surface area contributed by atoms with Gasteiger partial charge in [-0.3, -0.25) is 4.90 Å². The van der Waals surface area contributed by atoms with Crippen LogP contribution < -0.4 is 5.73 Å². The lowest BCUT2D eigenvalue weighted by Gasteiger charge is -2.26. The average Bonchev–Trinajstić information content (AvgIpc) is 2.43. The van der Waals surface area contributed by atoms with Crippen molar-refractivity contribution in [2.24, 2.45) is 5.73 Å². The molecule has 19 heavy (non-hydrogen) atoms. The smallest absolute Gasteiger partial charge is 0.115 e. The third-order valence-electron chi connectivity index (χ3n) is 3.25. The minimum atomic E-state index is 0.115. The summed E-state index contributed by atoms with van der Waals surface area (Å²) in [5, 5.41) is 0. The molecule has 1 unspecified atom stereocenters. The van der Waals surface area contributed by atoms with Crippen molar-refractivity contribution in [2.75, 3.05) is 13.6 Å². The third-order valence-corrected chi connectivity index (χ3v) is 3.25. The van der Waals surface area contributed by atoms with Gasteiger partial charge in [-0.2, -0.15) is 0 Å². The number of nitrogens with two attached hydrogens (primary N) is 1. The van der Waals surface area contributed by atoms with E-state index in [1.54, 1.807) is 12.5 Å². The number of hydrogen-bond acceptors (Lipinski definition) is 4. The Morgan fingerprint density at radius 2 is 1.95 bits per heavy atom. The molecule has 0 fully saturated rings. The summed E-state index contributed by atoms with van der Waals surface area (Å²) in [4.78, 5) is 10.5. The minimum absolute atomic E-state index is 0.115. The fourth-order valence-electron chi connectivity index (χ4n) is 2.12. The normalized spacial score (nSPS) is 12.6. The predicted molar refractivity (Wildman–Crippen MR) is 76.5 cm³/mol. The summed E-state index contributed by atoms with van der Waals surface area (Å²) in [6.07, 6.45) is 3.32. The third kappa shape index (κ3) is 3.59. The first-order valence-electron chi connectivity index (χ1n) is 6.42. The van der Waals surface area contributed by atoms with Gasteiger partial charge in [-0.05, 0) is 25.6 Å². The van der Waals surface area contributed by atoms with E-state index in [0.29, 0.717) is 6.54 Å². The van der Waals surface area contributed by atoms with Gasteiger partial charge in [0.15, 0.2) is 0 Å². The van der Waals surface area contributed by atoms with Crippen LogP contribution in [0.2, 0.25) is 0 Å². The molecule has 0 amide bonds. The number of aryl methyl sites for hydroxylation is 1. The Hall–Kier alpha value is -1.78. The number of nitrogens with zero attached hydrogens (tertiary/aromatic N) is 3. The maximum Gasteiger partial charge on any atom is 0.115 e. The van der Waals surface area contributed by atoms with Crippen molar-refractivity contribution in [3.05, 3.63) is 59.7 Å². The van der Waals surface area contributed by atoms with Gasteiger partial charge in [-0.1, -0.05) is 29.8 Å². The van der Waals surface area contributed by atoms with Gasteiger partial charge in [0.25, 0.3) is 0 Å². The highest BCUT2D eigenvalue weighted by atomic mass is 15.1. The second kappa shape index (κ2) is 6.41. The molecule has 1 atom stereocenters. The van der Waals surface area contributed by atoms with E-state index in [2.05, 4.69) is 53.1 Å². The highest BCUT2D eigenvalue weighted by Gasteiger charge is 2.16. The van der Waals surface area contributed by atoms with Crippen LogP contribution in [-0.2, 0) is 6.54 Å². The second-order valence-electron chi connectivity index (χ2n) is 4.79. The largest absolute Gasteiger partial charge is 0.329 e. The summed E-state index contributed by atoms with van der Waals surface area (Å²) in [6, 6.07) is 10.6. The summed E-state index contributed by atoms with van der Waals surface area (Å²) in [5.74, 6) is 0. The van der Waals surface area contributed by atoms with E-state index in [-0.39, 0.29) is 6.04 Å². The molecule has 0 spiro atoms. The van der Waals surface area contributed by atoms with Gasteiger partial charge < -0.3 is 5.73 Å². The lowest BCUT2D eigenvalue weighted by Crippen LogP contribution is -2.30. The number of aromatic nitrogens is 2. The standard InChI is InChI=1S/C15H20N4/c1-12-3-5-13(6-4-12)10-19(2)15(9-16)14-7-8-17-11-18-14/h3-8,11,15H,9-10,16H2,1-2H3. The molecule has 2 N–H and O–H groups in total. The monoisotopic (exact) mass is 256 g/mol. The molecule has 1 aromatic heterocycles. The van der Waals surface area contributed by atoms with Gasteiger partial charge in [0, 0.05) is 19.3 Å². The lowest BCUT2D eigenvalue weighted by atomic mass is 10.1. The van der Waals surface area contributed by atoms with E-state index in [1.165, 1.54) is 11.1 Å². The topological polar surface area (TPSA) is 55.0 Å². The van der Waals surface area contributed by atoms with Crippen LogP contribution in [0.4, 0.5) is 0 Å². The SMILES string of the molecule is Cc1ccc(CN(C)C(CN)c2ccncn2)cc1. The Morgan fingerprint density at radius 1 is 1.21 bits per heavy atom. The first-order chi connectivity index (χ1) is 9.20. The first-order valence-corrected chi connectivity index (χ1v) is 6.42. The Morgan fingerprint density at radius 3 is 2.53 bits per heavy atom. The van der Waals surface area contributed by atoms with Crippen LogP contribution in [0.1, 0.15) is 22.9 Å². The molecule has 0 saturated heterocycles. The first kappa shape index (κ1) is 13.6. The molecular weight excluding hydrogens is 236 g/mol. The minimum Gasteiger partial charge on any atom is -0.329 e. The maximum atomic E-state index is 5.88. The van der Waals surface area contributed by atoms with E-state index in [0.717, 1.165) is 12.2 Å². The fraction of sp³-hybridized carbons (Fsp3) is 0.333. The van der Waals surface area contributed by atoms with Crippen LogP contribution in [-0.4, -0.2) is 28.5 Å². The molecule has 0 bridgehead atoms. The van der Waals surface area contributed by atoms with Crippen LogP contribution in [0.3, 0.4) is 0 Å². The molecule has 4 nitrogen and oxygen atoms in total. The molecule has 0 aliphatic rings. The van der Waals surface area contributed by atoms with E-state index in [4.69, 9.17) is 5.73 Å². The van der Waals surface area contributed by atoms with Crippen LogP contribution in [0.5, 0.6) is 0 Å². The average molecular weight is 256 g/mol. The van der Waals surface area contributed by atoms with Gasteiger partial charge in [0.1, 0.15) is 6.33 Å². The Bertz CT molecular complexity index is 495. The Labute approximate surface area is 114 Å². The number of hydrogen-bond donors (Lipinski definition) is 1. The van der Waals surface area contributed by atoms with Crippen LogP contribution in [0, 0.1) is 6.92 Å². The van der Waals surface area contributed by atoms with Crippen LogP contribution in [0.25, 0.3) is 0 Å². The molecule has 100 valence electrons. The van der Waals surface area contributed by atoms with E-state index in [1.807, 2.05) is 6.07 Å². The Kier molecular flexibility index (Phi) is 4.60. The highest BCUT2D eigenvalue weighted by Crippen LogP contribution is 2.18. The van der Waals surface area contributed by atoms with Crippen molar-refractivity contribution in [1.82, 2.24) is 14.9 Å².